The highest BCUT2D eigenvalue weighted by Gasteiger charge is 2.09. The van der Waals surface area contributed by atoms with Crippen LogP contribution < -0.4 is 5.73 Å². The van der Waals surface area contributed by atoms with Crippen molar-refractivity contribution in [3.05, 3.63) is 34.8 Å². The Bertz CT molecular complexity index is 467. The van der Waals surface area contributed by atoms with Crippen molar-refractivity contribution < 1.29 is 4.52 Å². The molecule has 2 aromatic rings. The Morgan fingerprint density at radius 3 is 2.87 bits per heavy atom. The molecule has 2 rings (SSSR count). The SMILES string of the molecule is C[C@H](N)c1cc(-c2ccnc(Br)c2)no1. The fraction of sp³-hybridized carbons (Fsp3) is 0.200. The molecule has 1 atom stereocenters. The molecule has 0 aliphatic heterocycles. The van der Waals surface area contributed by atoms with Gasteiger partial charge in [0.05, 0.1) is 6.04 Å². The monoisotopic (exact) mass is 267 g/mol. The average Bonchev–Trinajstić information content (AvgIpc) is 2.66. The summed E-state index contributed by atoms with van der Waals surface area (Å²) in [7, 11) is 0. The molecule has 0 aliphatic rings. The molecule has 78 valence electrons. The number of nitrogens with two attached hydrogens (primary N) is 1. The zero-order valence-electron chi connectivity index (χ0n) is 8.14. The van der Waals surface area contributed by atoms with Gasteiger partial charge in [0, 0.05) is 17.8 Å². The van der Waals surface area contributed by atoms with Crippen molar-refractivity contribution in [2.45, 2.75) is 13.0 Å². The average molecular weight is 268 g/mol. The Labute approximate surface area is 95.6 Å². The third-order valence-corrected chi connectivity index (χ3v) is 2.43. The molecular weight excluding hydrogens is 258 g/mol. The van der Waals surface area contributed by atoms with E-state index in [4.69, 9.17) is 10.3 Å². The molecule has 0 bridgehead atoms. The van der Waals surface area contributed by atoms with Gasteiger partial charge in [-0.05, 0) is 35.0 Å². The van der Waals surface area contributed by atoms with Crippen LogP contribution in [0, 0.1) is 0 Å². The van der Waals surface area contributed by atoms with Gasteiger partial charge in [-0.15, -0.1) is 0 Å². The Kier molecular flexibility index (Phi) is 2.83. The molecule has 15 heavy (non-hydrogen) atoms. The minimum absolute atomic E-state index is 0.142. The standard InChI is InChI=1S/C10H10BrN3O/c1-6(12)9-5-8(14-15-9)7-2-3-13-10(11)4-7/h2-6H,12H2,1H3/t6-/m0/s1. The van der Waals surface area contributed by atoms with Crippen molar-refractivity contribution in [2.75, 3.05) is 0 Å². The predicted molar refractivity (Wildman–Crippen MR) is 60.0 cm³/mol. The number of hydrogen-bond acceptors (Lipinski definition) is 4. The second-order valence-corrected chi connectivity index (χ2v) is 4.08. The Balaban J connectivity index is 2.37. The molecule has 0 aliphatic carbocycles. The zero-order valence-corrected chi connectivity index (χ0v) is 9.73. The van der Waals surface area contributed by atoms with Crippen LogP contribution in [-0.4, -0.2) is 10.1 Å². The molecule has 0 spiro atoms. The summed E-state index contributed by atoms with van der Waals surface area (Å²) in [5.74, 6) is 0.679. The second kappa shape index (κ2) is 4.12. The first kappa shape index (κ1) is 10.3. The van der Waals surface area contributed by atoms with Crippen LogP contribution in [0.25, 0.3) is 11.3 Å². The molecular formula is C10H10BrN3O. The van der Waals surface area contributed by atoms with Gasteiger partial charge in [-0.2, -0.15) is 0 Å². The molecule has 0 fully saturated rings. The molecule has 0 radical (unpaired) electrons. The summed E-state index contributed by atoms with van der Waals surface area (Å²) in [4.78, 5) is 4.04. The molecule has 2 aromatic heterocycles. The highest BCUT2D eigenvalue weighted by Crippen LogP contribution is 2.22. The summed E-state index contributed by atoms with van der Waals surface area (Å²) in [6, 6.07) is 5.44. The van der Waals surface area contributed by atoms with Crippen LogP contribution in [0.4, 0.5) is 0 Å². The Morgan fingerprint density at radius 2 is 2.27 bits per heavy atom. The van der Waals surface area contributed by atoms with E-state index in [1.165, 1.54) is 0 Å². The van der Waals surface area contributed by atoms with E-state index in [2.05, 4.69) is 26.1 Å². The van der Waals surface area contributed by atoms with Gasteiger partial charge >= 0.3 is 0 Å². The van der Waals surface area contributed by atoms with Crippen molar-refractivity contribution in [2.24, 2.45) is 5.73 Å². The van der Waals surface area contributed by atoms with Gasteiger partial charge in [0.2, 0.25) is 0 Å². The first-order chi connectivity index (χ1) is 7.16. The molecule has 4 nitrogen and oxygen atoms in total. The maximum atomic E-state index is 5.68. The molecule has 0 amide bonds. The topological polar surface area (TPSA) is 64.9 Å². The molecule has 2 heterocycles. The van der Waals surface area contributed by atoms with Gasteiger partial charge in [0.25, 0.3) is 0 Å². The molecule has 2 N–H and O–H groups in total. The van der Waals surface area contributed by atoms with Crippen molar-refractivity contribution >= 4 is 15.9 Å². The summed E-state index contributed by atoms with van der Waals surface area (Å²) in [6.45, 7) is 1.85. The number of nitrogens with zero attached hydrogens (tertiary/aromatic N) is 2. The molecule has 5 heteroatoms. The van der Waals surface area contributed by atoms with Crippen LogP contribution in [0.1, 0.15) is 18.7 Å². The first-order valence-corrected chi connectivity index (χ1v) is 5.30. The lowest BCUT2D eigenvalue weighted by Gasteiger charge is -1.95. The van der Waals surface area contributed by atoms with Crippen LogP contribution in [0.5, 0.6) is 0 Å². The van der Waals surface area contributed by atoms with Crippen LogP contribution in [-0.2, 0) is 0 Å². The molecule has 0 unspecified atom stereocenters. The summed E-state index contributed by atoms with van der Waals surface area (Å²) in [6.07, 6.45) is 1.71. The van der Waals surface area contributed by atoms with Crippen LogP contribution in [0.3, 0.4) is 0 Å². The Hall–Kier alpha value is -1.20. The van der Waals surface area contributed by atoms with E-state index in [-0.39, 0.29) is 6.04 Å². The summed E-state index contributed by atoms with van der Waals surface area (Å²) in [5.41, 5.74) is 7.40. The lowest BCUT2D eigenvalue weighted by molar-refractivity contribution is 0.369. The number of hydrogen-bond donors (Lipinski definition) is 1. The zero-order chi connectivity index (χ0) is 10.8. The summed E-state index contributed by atoms with van der Waals surface area (Å²) >= 11 is 3.30. The number of rotatable bonds is 2. The number of pyridine rings is 1. The van der Waals surface area contributed by atoms with E-state index in [0.717, 1.165) is 15.9 Å². The first-order valence-electron chi connectivity index (χ1n) is 4.51. The quantitative estimate of drug-likeness (QED) is 0.850. The molecule has 0 aromatic carbocycles. The Morgan fingerprint density at radius 1 is 1.47 bits per heavy atom. The van der Waals surface area contributed by atoms with E-state index in [1.807, 2.05) is 25.1 Å². The normalized spacial score (nSPS) is 12.7. The highest BCUT2D eigenvalue weighted by molar-refractivity contribution is 9.10. The van der Waals surface area contributed by atoms with Crippen molar-refractivity contribution in [3.8, 4) is 11.3 Å². The lowest BCUT2D eigenvalue weighted by Crippen LogP contribution is -2.02. The molecule has 0 saturated heterocycles. The smallest absolute Gasteiger partial charge is 0.153 e. The van der Waals surface area contributed by atoms with Gasteiger partial charge in [0.1, 0.15) is 10.3 Å². The van der Waals surface area contributed by atoms with Crippen molar-refractivity contribution in [3.63, 3.8) is 0 Å². The van der Waals surface area contributed by atoms with E-state index in [0.29, 0.717) is 5.76 Å². The second-order valence-electron chi connectivity index (χ2n) is 3.27. The predicted octanol–water partition coefficient (Wildman–Crippen LogP) is 2.52. The van der Waals surface area contributed by atoms with Gasteiger partial charge in [-0.3, -0.25) is 0 Å². The fourth-order valence-electron chi connectivity index (χ4n) is 1.20. The van der Waals surface area contributed by atoms with E-state index in [1.54, 1.807) is 6.20 Å². The minimum atomic E-state index is -0.142. The highest BCUT2D eigenvalue weighted by atomic mass is 79.9. The summed E-state index contributed by atoms with van der Waals surface area (Å²) in [5, 5.41) is 3.95. The van der Waals surface area contributed by atoms with Crippen LogP contribution in [0.15, 0.2) is 33.5 Å². The minimum Gasteiger partial charge on any atom is -0.359 e. The van der Waals surface area contributed by atoms with E-state index >= 15 is 0 Å². The maximum absolute atomic E-state index is 5.68. The van der Waals surface area contributed by atoms with E-state index < -0.39 is 0 Å². The maximum Gasteiger partial charge on any atom is 0.153 e. The van der Waals surface area contributed by atoms with E-state index in [9.17, 15) is 0 Å². The number of aromatic nitrogens is 2. The van der Waals surface area contributed by atoms with Gasteiger partial charge < -0.3 is 10.3 Å². The van der Waals surface area contributed by atoms with Crippen LogP contribution >= 0.6 is 15.9 Å². The van der Waals surface area contributed by atoms with Crippen LogP contribution in [0.2, 0.25) is 0 Å². The van der Waals surface area contributed by atoms with Crippen molar-refractivity contribution in [1.29, 1.82) is 0 Å². The van der Waals surface area contributed by atoms with Gasteiger partial charge in [0.15, 0.2) is 5.76 Å². The van der Waals surface area contributed by atoms with Crippen molar-refractivity contribution in [1.82, 2.24) is 10.1 Å². The molecule has 0 saturated carbocycles. The lowest BCUT2D eigenvalue weighted by atomic mass is 10.1. The third kappa shape index (κ3) is 2.24. The largest absolute Gasteiger partial charge is 0.359 e. The van der Waals surface area contributed by atoms with Gasteiger partial charge in [-0.25, -0.2) is 4.98 Å². The number of halogens is 1. The fourth-order valence-corrected chi connectivity index (χ4v) is 1.57. The van der Waals surface area contributed by atoms with Gasteiger partial charge in [-0.1, -0.05) is 5.16 Å². The summed E-state index contributed by atoms with van der Waals surface area (Å²) < 4.78 is 5.88. The third-order valence-electron chi connectivity index (χ3n) is 2.00.